The lowest BCUT2D eigenvalue weighted by Gasteiger charge is -2.30. The Kier molecular flexibility index (Phi) is 5.15. The SMILES string of the molecule is COC(=O)c1ccc(CN2CCC3=NN(c4ccc(F)c(C)c4)C(=O)C3C2)cc1. The normalized spacial score (nSPS) is 19.1. The number of ether oxygens (including phenoxy) is 1. The third-order valence-corrected chi connectivity index (χ3v) is 5.43. The first kappa shape index (κ1) is 19.3. The fourth-order valence-corrected chi connectivity index (χ4v) is 3.78. The summed E-state index contributed by atoms with van der Waals surface area (Å²) < 4.78 is 18.3. The Balaban J connectivity index is 1.44. The van der Waals surface area contributed by atoms with E-state index < -0.39 is 0 Å². The maximum Gasteiger partial charge on any atom is 0.337 e. The number of carbonyl (C=O) groups is 2. The van der Waals surface area contributed by atoms with E-state index in [2.05, 4.69) is 10.0 Å². The van der Waals surface area contributed by atoms with E-state index >= 15 is 0 Å². The number of piperidine rings is 1. The number of benzene rings is 2. The van der Waals surface area contributed by atoms with Crippen LogP contribution in [0.1, 0.15) is 27.9 Å². The predicted octanol–water partition coefficient (Wildman–Crippen LogP) is 3.15. The van der Waals surface area contributed by atoms with Crippen molar-refractivity contribution in [1.29, 1.82) is 0 Å². The maximum absolute atomic E-state index is 13.6. The molecule has 1 unspecified atom stereocenters. The molecule has 2 heterocycles. The number of halogens is 1. The molecular formula is C22H22FN3O3. The second-order valence-corrected chi connectivity index (χ2v) is 7.40. The molecule has 0 saturated carbocycles. The molecule has 4 rings (SSSR count). The molecule has 0 spiro atoms. The van der Waals surface area contributed by atoms with E-state index in [0.29, 0.717) is 36.3 Å². The maximum atomic E-state index is 13.6. The number of nitrogens with zero attached hydrogens (tertiary/aromatic N) is 3. The monoisotopic (exact) mass is 395 g/mol. The Hall–Kier alpha value is -3.06. The van der Waals surface area contributed by atoms with Crippen molar-refractivity contribution in [1.82, 2.24) is 4.90 Å². The lowest BCUT2D eigenvalue weighted by atomic mass is 9.95. The molecular weight excluding hydrogens is 373 g/mol. The second kappa shape index (κ2) is 7.75. The average molecular weight is 395 g/mol. The number of hydrogen-bond acceptors (Lipinski definition) is 5. The molecule has 1 amide bonds. The number of fused-ring (bicyclic) bond motifs is 1. The van der Waals surface area contributed by atoms with E-state index in [1.807, 2.05) is 12.1 Å². The number of amides is 1. The largest absolute Gasteiger partial charge is 0.465 e. The number of methoxy groups -OCH3 is 1. The number of esters is 1. The fraction of sp³-hybridized carbons (Fsp3) is 0.318. The average Bonchev–Trinajstić information content (AvgIpc) is 3.06. The minimum atomic E-state index is -0.358. The Morgan fingerprint density at radius 3 is 2.69 bits per heavy atom. The van der Waals surface area contributed by atoms with Gasteiger partial charge in [0.15, 0.2) is 0 Å². The highest BCUT2D eigenvalue weighted by atomic mass is 19.1. The zero-order chi connectivity index (χ0) is 20.5. The Labute approximate surface area is 168 Å². The highest BCUT2D eigenvalue weighted by Gasteiger charge is 2.40. The minimum absolute atomic E-state index is 0.0725. The first-order valence-electron chi connectivity index (χ1n) is 9.53. The molecule has 0 N–H and O–H groups in total. The Bertz CT molecular complexity index is 987. The van der Waals surface area contributed by atoms with Gasteiger partial charge in [-0.15, -0.1) is 0 Å². The Morgan fingerprint density at radius 1 is 1.24 bits per heavy atom. The van der Waals surface area contributed by atoms with Crippen molar-refractivity contribution in [2.75, 3.05) is 25.2 Å². The van der Waals surface area contributed by atoms with E-state index in [9.17, 15) is 14.0 Å². The van der Waals surface area contributed by atoms with Crippen molar-refractivity contribution >= 4 is 23.3 Å². The highest BCUT2D eigenvalue weighted by molar-refractivity contribution is 6.16. The fourth-order valence-electron chi connectivity index (χ4n) is 3.78. The third kappa shape index (κ3) is 3.78. The van der Waals surface area contributed by atoms with Gasteiger partial charge in [0.2, 0.25) is 0 Å². The molecule has 1 atom stereocenters. The van der Waals surface area contributed by atoms with Crippen molar-refractivity contribution in [3.05, 3.63) is 65.0 Å². The summed E-state index contributed by atoms with van der Waals surface area (Å²) in [5.74, 6) is -1.00. The van der Waals surface area contributed by atoms with Crippen molar-refractivity contribution in [3.8, 4) is 0 Å². The molecule has 2 aliphatic heterocycles. The summed E-state index contributed by atoms with van der Waals surface area (Å²) >= 11 is 0. The van der Waals surface area contributed by atoms with Crippen LogP contribution >= 0.6 is 0 Å². The van der Waals surface area contributed by atoms with E-state index in [-0.39, 0.29) is 23.6 Å². The van der Waals surface area contributed by atoms with Gasteiger partial charge in [-0.1, -0.05) is 12.1 Å². The van der Waals surface area contributed by atoms with Gasteiger partial charge in [-0.25, -0.2) is 14.2 Å². The van der Waals surface area contributed by atoms with E-state index in [0.717, 1.165) is 17.8 Å². The molecule has 2 aromatic carbocycles. The van der Waals surface area contributed by atoms with Crippen LogP contribution in [0, 0.1) is 18.7 Å². The number of hydrazone groups is 1. The van der Waals surface area contributed by atoms with Crippen molar-refractivity contribution < 1.29 is 18.7 Å². The smallest absolute Gasteiger partial charge is 0.337 e. The third-order valence-electron chi connectivity index (χ3n) is 5.43. The van der Waals surface area contributed by atoms with Crippen LogP contribution in [0.4, 0.5) is 10.1 Å². The molecule has 2 aromatic rings. The molecule has 6 nitrogen and oxygen atoms in total. The van der Waals surface area contributed by atoms with Gasteiger partial charge >= 0.3 is 5.97 Å². The van der Waals surface area contributed by atoms with Crippen LogP contribution in [0.3, 0.4) is 0 Å². The summed E-state index contributed by atoms with van der Waals surface area (Å²) in [5.41, 5.74) is 3.55. The molecule has 29 heavy (non-hydrogen) atoms. The number of likely N-dealkylation sites (tertiary alicyclic amines) is 1. The van der Waals surface area contributed by atoms with Gasteiger partial charge in [-0.3, -0.25) is 9.69 Å². The molecule has 1 saturated heterocycles. The van der Waals surface area contributed by atoms with Crippen LogP contribution in [0.25, 0.3) is 0 Å². The zero-order valence-electron chi connectivity index (χ0n) is 16.4. The number of rotatable bonds is 4. The second-order valence-electron chi connectivity index (χ2n) is 7.40. The van der Waals surface area contributed by atoms with Crippen molar-refractivity contribution in [2.45, 2.75) is 19.9 Å². The van der Waals surface area contributed by atoms with Crippen molar-refractivity contribution in [2.24, 2.45) is 11.0 Å². The topological polar surface area (TPSA) is 62.2 Å². The number of carbonyl (C=O) groups excluding carboxylic acids is 2. The summed E-state index contributed by atoms with van der Waals surface area (Å²) in [5, 5.41) is 5.92. The molecule has 0 bridgehead atoms. The van der Waals surface area contributed by atoms with Crippen LogP contribution in [-0.2, 0) is 16.1 Å². The highest BCUT2D eigenvalue weighted by Crippen LogP contribution is 2.29. The van der Waals surface area contributed by atoms with Gasteiger partial charge < -0.3 is 4.74 Å². The van der Waals surface area contributed by atoms with Crippen LogP contribution in [0.5, 0.6) is 0 Å². The van der Waals surface area contributed by atoms with Crippen molar-refractivity contribution in [3.63, 3.8) is 0 Å². The molecule has 7 heteroatoms. The number of hydrogen-bond donors (Lipinski definition) is 0. The summed E-state index contributed by atoms with van der Waals surface area (Å²) in [4.78, 5) is 26.7. The molecule has 2 aliphatic rings. The summed E-state index contributed by atoms with van der Waals surface area (Å²) in [7, 11) is 1.36. The zero-order valence-corrected chi connectivity index (χ0v) is 16.4. The van der Waals surface area contributed by atoms with Gasteiger partial charge in [0, 0.05) is 26.1 Å². The van der Waals surface area contributed by atoms with Gasteiger partial charge in [-0.05, 0) is 48.4 Å². The lowest BCUT2D eigenvalue weighted by molar-refractivity contribution is -0.120. The standard InChI is InChI=1S/C22H22FN3O3/c1-14-11-17(7-8-19(14)23)26-21(27)18-13-25(10-9-20(18)24-26)12-15-3-5-16(6-4-15)22(28)29-2/h3-8,11,18H,9-10,12-13H2,1-2H3. The van der Waals surface area contributed by atoms with Crippen LogP contribution in [-0.4, -0.2) is 42.7 Å². The van der Waals surface area contributed by atoms with E-state index in [1.165, 1.54) is 18.2 Å². The van der Waals surface area contributed by atoms with Crippen LogP contribution in [0.15, 0.2) is 47.6 Å². The van der Waals surface area contributed by atoms with Crippen LogP contribution < -0.4 is 5.01 Å². The molecule has 0 aliphatic carbocycles. The van der Waals surface area contributed by atoms with Crippen LogP contribution in [0.2, 0.25) is 0 Å². The first-order chi connectivity index (χ1) is 14.0. The Morgan fingerprint density at radius 2 is 2.00 bits per heavy atom. The minimum Gasteiger partial charge on any atom is -0.465 e. The summed E-state index contributed by atoms with van der Waals surface area (Å²) in [6, 6.07) is 11.9. The quantitative estimate of drug-likeness (QED) is 0.746. The van der Waals surface area contributed by atoms with E-state index in [1.54, 1.807) is 31.2 Å². The predicted molar refractivity (Wildman–Crippen MR) is 107 cm³/mol. The molecule has 0 radical (unpaired) electrons. The first-order valence-corrected chi connectivity index (χ1v) is 9.53. The summed E-state index contributed by atoms with van der Waals surface area (Å²) in [6.07, 6.45) is 0.716. The number of aryl methyl sites for hydroxylation is 1. The van der Waals surface area contributed by atoms with Gasteiger partial charge in [0.25, 0.3) is 5.91 Å². The van der Waals surface area contributed by atoms with Gasteiger partial charge in [0.05, 0.1) is 30.0 Å². The van der Waals surface area contributed by atoms with Gasteiger partial charge in [0.1, 0.15) is 5.82 Å². The molecule has 0 aromatic heterocycles. The molecule has 150 valence electrons. The molecule has 1 fully saturated rings. The van der Waals surface area contributed by atoms with Gasteiger partial charge in [-0.2, -0.15) is 5.10 Å². The number of anilines is 1. The summed E-state index contributed by atoms with van der Waals surface area (Å²) in [6.45, 7) is 3.76. The lowest BCUT2D eigenvalue weighted by Crippen LogP contribution is -2.43. The van der Waals surface area contributed by atoms with E-state index in [4.69, 9.17) is 4.74 Å².